The molecule has 1 aliphatic heterocycles. The average Bonchev–Trinajstić information content (AvgIpc) is 3.42. The molecule has 1 saturated carbocycles. The molecule has 2 atom stereocenters. The van der Waals surface area contributed by atoms with Crippen molar-refractivity contribution in [3.8, 4) is 0 Å². The summed E-state index contributed by atoms with van der Waals surface area (Å²) < 4.78 is 19.2. The van der Waals surface area contributed by atoms with E-state index in [-0.39, 0.29) is 23.7 Å². The lowest BCUT2D eigenvalue weighted by molar-refractivity contribution is 0.0945. The molecule has 130 valence electrons. The second-order valence-corrected chi connectivity index (χ2v) is 6.44. The molecule has 1 aromatic heterocycles. The smallest absolute Gasteiger partial charge is 0.270 e. The molecule has 2 heterocycles. The van der Waals surface area contributed by atoms with Crippen molar-refractivity contribution in [1.82, 2.24) is 10.3 Å². The molecule has 1 saturated heterocycles. The number of hydrogen-bond donors (Lipinski definition) is 1. The van der Waals surface area contributed by atoms with Gasteiger partial charge in [-0.3, -0.25) is 9.78 Å². The first-order chi connectivity index (χ1) is 12.2. The summed E-state index contributed by atoms with van der Waals surface area (Å²) in [5.41, 5.74) is 2.04. The highest BCUT2D eigenvalue weighted by atomic mass is 19.1. The van der Waals surface area contributed by atoms with Crippen LogP contribution in [0.5, 0.6) is 0 Å². The average molecular weight is 341 g/mol. The Bertz CT molecular complexity index is 777. The highest BCUT2D eigenvalue weighted by Crippen LogP contribution is 2.41. The summed E-state index contributed by atoms with van der Waals surface area (Å²) >= 11 is 0. The Morgan fingerprint density at radius 2 is 2.04 bits per heavy atom. The molecule has 1 aromatic carbocycles. The van der Waals surface area contributed by atoms with E-state index in [4.69, 9.17) is 4.74 Å². The minimum Gasteiger partial charge on any atom is -0.378 e. The number of aromatic nitrogens is 1. The van der Waals surface area contributed by atoms with Crippen molar-refractivity contribution < 1.29 is 13.9 Å². The van der Waals surface area contributed by atoms with Gasteiger partial charge in [-0.1, -0.05) is 18.2 Å². The van der Waals surface area contributed by atoms with Crippen LogP contribution in [-0.4, -0.2) is 43.2 Å². The highest BCUT2D eigenvalue weighted by Gasteiger charge is 2.41. The quantitative estimate of drug-likeness (QED) is 0.927. The first-order valence-electron chi connectivity index (χ1n) is 8.56. The van der Waals surface area contributed by atoms with E-state index in [0.717, 1.165) is 25.2 Å². The van der Waals surface area contributed by atoms with Gasteiger partial charge < -0.3 is 15.0 Å². The Kier molecular flexibility index (Phi) is 4.36. The van der Waals surface area contributed by atoms with Crippen LogP contribution in [0.3, 0.4) is 0 Å². The fourth-order valence-electron chi connectivity index (χ4n) is 3.28. The van der Waals surface area contributed by atoms with E-state index in [9.17, 15) is 9.18 Å². The Hall–Kier alpha value is -2.47. The Balaban J connectivity index is 1.41. The van der Waals surface area contributed by atoms with Crippen LogP contribution in [0.25, 0.3) is 0 Å². The lowest BCUT2D eigenvalue weighted by Crippen LogP contribution is -2.36. The Labute approximate surface area is 145 Å². The van der Waals surface area contributed by atoms with Crippen LogP contribution in [0.4, 0.5) is 10.1 Å². The van der Waals surface area contributed by atoms with Crippen LogP contribution in [0, 0.1) is 5.82 Å². The van der Waals surface area contributed by atoms with Gasteiger partial charge in [-0.25, -0.2) is 4.39 Å². The molecule has 4 rings (SSSR count). The van der Waals surface area contributed by atoms with E-state index in [2.05, 4.69) is 15.2 Å². The topological polar surface area (TPSA) is 54.5 Å². The molecule has 0 spiro atoms. The zero-order valence-electron chi connectivity index (χ0n) is 13.8. The number of nitrogens with one attached hydrogen (secondary N) is 1. The number of amides is 1. The molecular formula is C19H20FN3O2. The van der Waals surface area contributed by atoms with Gasteiger partial charge in [0, 0.05) is 36.9 Å². The zero-order valence-corrected chi connectivity index (χ0v) is 13.8. The van der Waals surface area contributed by atoms with Gasteiger partial charge in [0.05, 0.1) is 13.2 Å². The number of hydrogen-bond acceptors (Lipinski definition) is 4. The third-order valence-corrected chi connectivity index (χ3v) is 4.76. The van der Waals surface area contributed by atoms with Gasteiger partial charge in [-0.05, 0) is 30.2 Å². The summed E-state index contributed by atoms with van der Waals surface area (Å²) in [6.07, 6.45) is 2.41. The van der Waals surface area contributed by atoms with Gasteiger partial charge in [0.25, 0.3) is 5.91 Å². The third-order valence-electron chi connectivity index (χ3n) is 4.76. The van der Waals surface area contributed by atoms with E-state index in [1.807, 2.05) is 12.1 Å². The largest absolute Gasteiger partial charge is 0.378 e. The van der Waals surface area contributed by atoms with Crippen LogP contribution in [0.1, 0.15) is 28.4 Å². The van der Waals surface area contributed by atoms with Crippen LogP contribution in [0.2, 0.25) is 0 Å². The first kappa shape index (κ1) is 16.0. The van der Waals surface area contributed by atoms with Crippen molar-refractivity contribution in [2.45, 2.75) is 18.4 Å². The summed E-state index contributed by atoms with van der Waals surface area (Å²) in [5, 5.41) is 2.96. The van der Waals surface area contributed by atoms with Crippen molar-refractivity contribution in [1.29, 1.82) is 0 Å². The number of carbonyl (C=O) groups excluding carboxylic acids is 1. The van der Waals surface area contributed by atoms with Gasteiger partial charge in [0.1, 0.15) is 11.5 Å². The molecule has 6 heteroatoms. The molecule has 0 bridgehead atoms. The lowest BCUT2D eigenvalue weighted by atomic mass is 10.1. The molecule has 5 nitrogen and oxygen atoms in total. The normalized spacial score (nSPS) is 22.5. The number of nitrogens with zero attached hydrogens (tertiary/aromatic N) is 2. The molecule has 1 amide bonds. The van der Waals surface area contributed by atoms with Gasteiger partial charge in [0.2, 0.25) is 0 Å². The van der Waals surface area contributed by atoms with Gasteiger partial charge >= 0.3 is 0 Å². The second kappa shape index (κ2) is 6.80. The maximum absolute atomic E-state index is 13.8. The number of pyridine rings is 1. The first-order valence-corrected chi connectivity index (χ1v) is 8.56. The molecule has 25 heavy (non-hydrogen) atoms. The van der Waals surface area contributed by atoms with Crippen LogP contribution in [0.15, 0.2) is 42.6 Å². The minimum absolute atomic E-state index is 0.0294. The molecule has 2 aromatic rings. The summed E-state index contributed by atoms with van der Waals surface area (Å²) in [7, 11) is 0. The number of morpholine rings is 1. The molecular weight excluding hydrogens is 321 g/mol. The molecule has 0 radical (unpaired) electrons. The van der Waals surface area contributed by atoms with Crippen molar-refractivity contribution >= 4 is 11.6 Å². The fraction of sp³-hybridized carbons (Fsp3) is 0.368. The van der Waals surface area contributed by atoms with Crippen LogP contribution < -0.4 is 10.2 Å². The van der Waals surface area contributed by atoms with Crippen molar-refractivity contribution in [2.75, 3.05) is 31.2 Å². The summed E-state index contributed by atoms with van der Waals surface area (Å²) in [5.74, 6) is -0.372. The molecule has 2 unspecified atom stereocenters. The Morgan fingerprint density at radius 3 is 2.84 bits per heavy atom. The monoisotopic (exact) mass is 341 g/mol. The highest BCUT2D eigenvalue weighted by molar-refractivity contribution is 5.93. The Morgan fingerprint density at radius 1 is 1.24 bits per heavy atom. The predicted octanol–water partition coefficient (Wildman–Crippen LogP) is 2.34. The molecule has 1 aliphatic carbocycles. The lowest BCUT2D eigenvalue weighted by Gasteiger charge is -2.28. The maximum Gasteiger partial charge on any atom is 0.270 e. The maximum atomic E-state index is 13.8. The zero-order chi connectivity index (χ0) is 17.2. The number of carbonyl (C=O) groups is 1. The van der Waals surface area contributed by atoms with Crippen LogP contribution in [-0.2, 0) is 4.74 Å². The third kappa shape index (κ3) is 3.49. The van der Waals surface area contributed by atoms with Gasteiger partial charge in [0.15, 0.2) is 0 Å². The number of ether oxygens (including phenoxy) is 1. The molecule has 1 N–H and O–H groups in total. The SMILES string of the molecule is O=C(NC1CC1c1ccccc1F)c1cc(N2CCOCC2)ccn1. The minimum atomic E-state index is -0.211. The van der Waals surface area contributed by atoms with Crippen molar-refractivity contribution in [2.24, 2.45) is 0 Å². The molecule has 2 aliphatic rings. The van der Waals surface area contributed by atoms with Crippen LogP contribution >= 0.6 is 0 Å². The van der Waals surface area contributed by atoms with Crippen molar-refractivity contribution in [3.63, 3.8) is 0 Å². The van der Waals surface area contributed by atoms with Crippen molar-refractivity contribution in [3.05, 3.63) is 59.7 Å². The predicted molar refractivity (Wildman–Crippen MR) is 92.3 cm³/mol. The second-order valence-electron chi connectivity index (χ2n) is 6.44. The summed E-state index contributed by atoms with van der Waals surface area (Å²) in [6.45, 7) is 3.00. The molecule has 2 fully saturated rings. The van der Waals surface area contributed by atoms with E-state index >= 15 is 0 Å². The fourth-order valence-corrected chi connectivity index (χ4v) is 3.28. The van der Waals surface area contributed by atoms with E-state index in [0.29, 0.717) is 24.5 Å². The number of halogens is 1. The van der Waals surface area contributed by atoms with E-state index in [1.54, 1.807) is 24.4 Å². The van der Waals surface area contributed by atoms with E-state index < -0.39 is 0 Å². The van der Waals surface area contributed by atoms with E-state index in [1.165, 1.54) is 6.07 Å². The standard InChI is InChI=1S/C19H20FN3O2/c20-16-4-2-1-3-14(16)15-12-17(15)22-19(24)18-11-13(5-6-21-18)23-7-9-25-10-8-23/h1-6,11,15,17H,7-10,12H2,(H,22,24). The summed E-state index contributed by atoms with van der Waals surface area (Å²) in [4.78, 5) is 18.8. The van der Waals surface area contributed by atoms with Gasteiger partial charge in [-0.2, -0.15) is 0 Å². The van der Waals surface area contributed by atoms with Gasteiger partial charge in [-0.15, -0.1) is 0 Å². The number of rotatable bonds is 4. The number of anilines is 1. The summed E-state index contributed by atoms with van der Waals surface area (Å²) in [6, 6.07) is 10.4. The number of benzene rings is 1.